The standard InChI is InChI=1S/C16H25NO3S/c1-4-12(2)14-5-7-15(8-6-14)21(19,20)17-10-9-13(3)16(17)11-18/h5-8,12-13,16,18H,4,9-11H2,1-3H3. The molecule has 1 saturated heterocycles. The van der Waals surface area contributed by atoms with Crippen LogP contribution >= 0.6 is 0 Å². The molecule has 0 radical (unpaired) electrons. The molecule has 1 aliphatic heterocycles. The van der Waals surface area contributed by atoms with Gasteiger partial charge in [0.15, 0.2) is 0 Å². The molecule has 1 heterocycles. The fourth-order valence-electron chi connectivity index (χ4n) is 2.88. The lowest BCUT2D eigenvalue weighted by Gasteiger charge is -2.24. The fraction of sp³-hybridized carbons (Fsp3) is 0.625. The van der Waals surface area contributed by atoms with E-state index in [-0.39, 0.29) is 18.6 Å². The van der Waals surface area contributed by atoms with Crippen molar-refractivity contribution in [3.63, 3.8) is 0 Å². The van der Waals surface area contributed by atoms with Crippen molar-refractivity contribution in [3.05, 3.63) is 29.8 Å². The topological polar surface area (TPSA) is 57.6 Å². The van der Waals surface area contributed by atoms with Crippen LogP contribution in [0.1, 0.15) is 45.1 Å². The maximum atomic E-state index is 12.7. The van der Waals surface area contributed by atoms with Crippen molar-refractivity contribution >= 4 is 10.0 Å². The van der Waals surface area contributed by atoms with Crippen LogP contribution in [0.2, 0.25) is 0 Å². The lowest BCUT2D eigenvalue weighted by molar-refractivity contribution is 0.191. The Balaban J connectivity index is 2.27. The molecule has 2 rings (SSSR count). The smallest absolute Gasteiger partial charge is 0.243 e. The van der Waals surface area contributed by atoms with Crippen LogP contribution in [0.5, 0.6) is 0 Å². The number of benzene rings is 1. The quantitative estimate of drug-likeness (QED) is 0.909. The Morgan fingerprint density at radius 2 is 1.95 bits per heavy atom. The monoisotopic (exact) mass is 311 g/mol. The van der Waals surface area contributed by atoms with E-state index in [1.54, 1.807) is 12.1 Å². The minimum absolute atomic E-state index is 0.120. The van der Waals surface area contributed by atoms with Crippen molar-refractivity contribution in [2.75, 3.05) is 13.2 Å². The molecular weight excluding hydrogens is 286 g/mol. The third-order valence-corrected chi connectivity index (χ3v) is 6.63. The minimum atomic E-state index is -3.51. The molecule has 0 spiro atoms. The zero-order chi connectivity index (χ0) is 15.6. The van der Waals surface area contributed by atoms with Crippen LogP contribution in [0.4, 0.5) is 0 Å². The average Bonchev–Trinajstić information content (AvgIpc) is 2.88. The molecule has 0 aromatic heterocycles. The van der Waals surface area contributed by atoms with E-state index in [0.717, 1.165) is 18.4 Å². The summed E-state index contributed by atoms with van der Waals surface area (Å²) in [6, 6.07) is 6.87. The van der Waals surface area contributed by atoms with Gasteiger partial charge >= 0.3 is 0 Å². The van der Waals surface area contributed by atoms with E-state index < -0.39 is 10.0 Å². The van der Waals surface area contributed by atoms with Gasteiger partial charge in [0.2, 0.25) is 10.0 Å². The van der Waals surface area contributed by atoms with Crippen LogP contribution in [-0.4, -0.2) is 37.0 Å². The first-order valence-electron chi connectivity index (χ1n) is 7.64. The number of sulfonamides is 1. The maximum absolute atomic E-state index is 12.7. The Bertz CT molecular complexity index is 568. The average molecular weight is 311 g/mol. The second-order valence-electron chi connectivity index (χ2n) is 6.01. The van der Waals surface area contributed by atoms with E-state index in [0.29, 0.717) is 17.4 Å². The summed E-state index contributed by atoms with van der Waals surface area (Å²) in [5.74, 6) is 0.628. The van der Waals surface area contributed by atoms with Crippen LogP contribution in [0, 0.1) is 5.92 Å². The first-order chi connectivity index (χ1) is 9.91. The predicted octanol–water partition coefficient (Wildman–Crippen LogP) is 2.59. The summed E-state index contributed by atoms with van der Waals surface area (Å²) < 4.78 is 26.9. The molecule has 5 heteroatoms. The SMILES string of the molecule is CCC(C)c1ccc(S(=O)(=O)N2CCC(C)C2CO)cc1. The molecule has 1 aromatic carbocycles. The number of nitrogens with zero attached hydrogens (tertiary/aromatic N) is 1. The molecular formula is C16H25NO3S. The lowest BCUT2D eigenvalue weighted by Crippen LogP contribution is -2.39. The number of rotatable bonds is 5. The molecule has 0 aliphatic carbocycles. The van der Waals surface area contributed by atoms with Gasteiger partial charge in [-0.2, -0.15) is 4.31 Å². The molecule has 4 nitrogen and oxygen atoms in total. The minimum Gasteiger partial charge on any atom is -0.395 e. The van der Waals surface area contributed by atoms with Crippen LogP contribution in [0.3, 0.4) is 0 Å². The first-order valence-corrected chi connectivity index (χ1v) is 9.08. The summed E-state index contributed by atoms with van der Waals surface area (Å²) in [6.45, 7) is 6.61. The zero-order valence-corrected chi connectivity index (χ0v) is 13.8. The molecule has 1 aromatic rings. The van der Waals surface area contributed by atoms with Crippen molar-refractivity contribution < 1.29 is 13.5 Å². The summed E-state index contributed by atoms with van der Waals surface area (Å²) in [5, 5.41) is 9.46. The summed E-state index contributed by atoms with van der Waals surface area (Å²) in [5.41, 5.74) is 1.16. The van der Waals surface area contributed by atoms with Gasteiger partial charge in [-0.05, 0) is 42.4 Å². The van der Waals surface area contributed by atoms with Gasteiger partial charge < -0.3 is 5.11 Å². The van der Waals surface area contributed by atoms with Crippen LogP contribution in [0.15, 0.2) is 29.2 Å². The second kappa shape index (κ2) is 6.46. The van der Waals surface area contributed by atoms with Crippen molar-refractivity contribution in [3.8, 4) is 0 Å². The third-order valence-electron chi connectivity index (χ3n) is 4.69. The number of aliphatic hydroxyl groups excluding tert-OH is 1. The van der Waals surface area contributed by atoms with Gasteiger partial charge in [0.1, 0.15) is 0 Å². The van der Waals surface area contributed by atoms with Crippen LogP contribution in [-0.2, 0) is 10.0 Å². The van der Waals surface area contributed by atoms with E-state index >= 15 is 0 Å². The number of hydrogen-bond donors (Lipinski definition) is 1. The van der Waals surface area contributed by atoms with Crippen molar-refractivity contribution in [2.24, 2.45) is 5.92 Å². The largest absolute Gasteiger partial charge is 0.395 e. The van der Waals surface area contributed by atoms with Gasteiger partial charge in [-0.1, -0.05) is 32.9 Å². The van der Waals surface area contributed by atoms with Gasteiger partial charge in [0.25, 0.3) is 0 Å². The summed E-state index contributed by atoms with van der Waals surface area (Å²) >= 11 is 0. The molecule has 118 valence electrons. The molecule has 1 N–H and O–H groups in total. The molecule has 1 fully saturated rings. The molecule has 1 aliphatic rings. The zero-order valence-electron chi connectivity index (χ0n) is 13.0. The van der Waals surface area contributed by atoms with Gasteiger partial charge in [0.05, 0.1) is 17.5 Å². The molecule has 0 amide bonds. The molecule has 3 atom stereocenters. The first kappa shape index (κ1) is 16.5. The van der Waals surface area contributed by atoms with E-state index in [9.17, 15) is 13.5 Å². The van der Waals surface area contributed by atoms with Crippen molar-refractivity contribution in [2.45, 2.75) is 50.5 Å². The lowest BCUT2D eigenvalue weighted by atomic mass is 9.99. The highest BCUT2D eigenvalue weighted by Crippen LogP contribution is 2.30. The Kier molecular flexibility index (Phi) is 5.07. The highest BCUT2D eigenvalue weighted by atomic mass is 32.2. The molecule has 0 saturated carbocycles. The van der Waals surface area contributed by atoms with Crippen molar-refractivity contribution in [1.29, 1.82) is 0 Å². The third kappa shape index (κ3) is 3.15. The van der Waals surface area contributed by atoms with Crippen LogP contribution < -0.4 is 0 Å². The number of hydrogen-bond acceptors (Lipinski definition) is 3. The van der Waals surface area contributed by atoms with E-state index in [1.807, 2.05) is 19.1 Å². The Morgan fingerprint density at radius 1 is 1.33 bits per heavy atom. The van der Waals surface area contributed by atoms with E-state index in [1.165, 1.54) is 4.31 Å². The summed E-state index contributed by atoms with van der Waals surface area (Å²) in [7, 11) is -3.51. The Labute approximate surface area is 127 Å². The fourth-order valence-corrected chi connectivity index (χ4v) is 4.61. The van der Waals surface area contributed by atoms with E-state index in [4.69, 9.17) is 0 Å². The molecule has 3 unspecified atom stereocenters. The van der Waals surface area contributed by atoms with Crippen LogP contribution in [0.25, 0.3) is 0 Å². The molecule has 0 bridgehead atoms. The normalized spacial score (nSPS) is 25.1. The Morgan fingerprint density at radius 3 is 2.48 bits per heavy atom. The summed E-state index contributed by atoms with van der Waals surface area (Å²) in [6.07, 6.45) is 1.83. The van der Waals surface area contributed by atoms with Crippen molar-refractivity contribution in [1.82, 2.24) is 4.31 Å². The van der Waals surface area contributed by atoms with Gasteiger partial charge in [-0.3, -0.25) is 0 Å². The van der Waals surface area contributed by atoms with E-state index in [2.05, 4.69) is 13.8 Å². The van der Waals surface area contributed by atoms with Gasteiger partial charge in [0, 0.05) is 6.54 Å². The predicted molar refractivity (Wildman–Crippen MR) is 83.7 cm³/mol. The summed E-state index contributed by atoms with van der Waals surface area (Å²) in [4.78, 5) is 0.321. The van der Waals surface area contributed by atoms with Gasteiger partial charge in [-0.15, -0.1) is 0 Å². The van der Waals surface area contributed by atoms with Gasteiger partial charge in [-0.25, -0.2) is 8.42 Å². The second-order valence-corrected chi connectivity index (χ2v) is 7.90. The maximum Gasteiger partial charge on any atom is 0.243 e. The number of aliphatic hydroxyl groups is 1. The Hall–Kier alpha value is -0.910. The highest BCUT2D eigenvalue weighted by molar-refractivity contribution is 7.89. The highest BCUT2D eigenvalue weighted by Gasteiger charge is 2.39. The molecule has 21 heavy (non-hydrogen) atoms.